The van der Waals surface area contributed by atoms with E-state index in [1.54, 1.807) is 0 Å². The summed E-state index contributed by atoms with van der Waals surface area (Å²) in [5.41, 5.74) is 2.40. The molecule has 0 heterocycles. The number of esters is 1. The molecule has 0 atom stereocenters. The number of benzene rings is 1. The molecule has 1 aromatic carbocycles. The molecule has 0 aliphatic carbocycles. The van der Waals surface area contributed by atoms with E-state index in [-0.39, 0.29) is 5.97 Å². The number of ether oxygens (including phenoxy) is 1. The first kappa shape index (κ1) is 16.5. The van der Waals surface area contributed by atoms with Crippen LogP contribution in [0.5, 0.6) is 0 Å². The van der Waals surface area contributed by atoms with E-state index in [2.05, 4.69) is 48.1 Å². The lowest BCUT2D eigenvalue weighted by Gasteiger charge is -2.01. The maximum atomic E-state index is 11.1. The van der Waals surface area contributed by atoms with E-state index in [0.717, 1.165) is 12.8 Å². The second-order valence-electron chi connectivity index (χ2n) is 5.07. The summed E-state index contributed by atoms with van der Waals surface area (Å²) in [5.74, 6) is -0.152. The van der Waals surface area contributed by atoms with Crippen molar-refractivity contribution in [2.24, 2.45) is 0 Å². The summed E-state index contributed by atoms with van der Waals surface area (Å²) in [5, 5.41) is 0. The molecular formula is C18H26O2. The van der Waals surface area contributed by atoms with Gasteiger partial charge >= 0.3 is 5.97 Å². The predicted octanol–water partition coefficient (Wildman–Crippen LogP) is 4.78. The minimum atomic E-state index is -0.152. The highest BCUT2D eigenvalue weighted by molar-refractivity contribution is 5.69. The molecule has 0 aromatic heterocycles. The quantitative estimate of drug-likeness (QED) is 0.478. The molecule has 0 amide bonds. The van der Waals surface area contributed by atoms with Gasteiger partial charge in [-0.1, -0.05) is 62.6 Å². The monoisotopic (exact) mass is 274 g/mol. The van der Waals surface area contributed by atoms with Crippen molar-refractivity contribution in [3.05, 3.63) is 41.5 Å². The fourth-order valence-corrected chi connectivity index (χ4v) is 2.05. The Morgan fingerprint density at radius 3 is 2.55 bits per heavy atom. The Labute approximate surface area is 122 Å². The molecule has 0 N–H and O–H groups in total. The van der Waals surface area contributed by atoms with Crippen molar-refractivity contribution in [2.45, 2.75) is 51.9 Å². The predicted molar refractivity (Wildman–Crippen MR) is 84.6 cm³/mol. The van der Waals surface area contributed by atoms with Crippen LogP contribution >= 0.6 is 0 Å². The highest BCUT2D eigenvalue weighted by Gasteiger charge is 2.00. The number of rotatable bonds is 9. The third-order valence-corrected chi connectivity index (χ3v) is 3.36. The van der Waals surface area contributed by atoms with Gasteiger partial charge in [0, 0.05) is 6.42 Å². The molecule has 1 aromatic rings. The number of carbonyl (C=O) groups excluding carboxylic acids is 1. The van der Waals surface area contributed by atoms with Gasteiger partial charge in [0.15, 0.2) is 0 Å². The van der Waals surface area contributed by atoms with Crippen molar-refractivity contribution in [1.82, 2.24) is 0 Å². The fraction of sp³-hybridized carbons (Fsp3) is 0.500. The van der Waals surface area contributed by atoms with E-state index < -0.39 is 0 Å². The van der Waals surface area contributed by atoms with E-state index in [1.165, 1.54) is 43.9 Å². The van der Waals surface area contributed by atoms with Gasteiger partial charge in [-0.15, -0.1) is 0 Å². The summed E-state index contributed by atoms with van der Waals surface area (Å²) in [4.78, 5) is 11.1. The van der Waals surface area contributed by atoms with Crippen molar-refractivity contribution in [2.75, 3.05) is 7.11 Å². The number of allylic oxidation sites excluding steroid dienone is 1. The second-order valence-corrected chi connectivity index (χ2v) is 5.07. The van der Waals surface area contributed by atoms with Gasteiger partial charge in [-0.3, -0.25) is 4.79 Å². The van der Waals surface area contributed by atoms with Gasteiger partial charge in [-0.2, -0.15) is 0 Å². The van der Waals surface area contributed by atoms with E-state index >= 15 is 0 Å². The van der Waals surface area contributed by atoms with Crippen LogP contribution in [0.2, 0.25) is 0 Å². The van der Waals surface area contributed by atoms with Crippen LogP contribution in [0.25, 0.3) is 6.08 Å². The lowest BCUT2D eigenvalue weighted by Crippen LogP contribution is -2.01. The van der Waals surface area contributed by atoms with Gasteiger partial charge in [0.1, 0.15) is 0 Å². The number of aryl methyl sites for hydroxylation is 1. The number of unbranched alkanes of at least 4 members (excludes halogenated alkanes) is 4. The van der Waals surface area contributed by atoms with Gasteiger partial charge in [0.05, 0.1) is 7.11 Å². The van der Waals surface area contributed by atoms with Crippen LogP contribution in [0.15, 0.2) is 30.3 Å². The third kappa shape index (κ3) is 7.13. The van der Waals surface area contributed by atoms with E-state index in [1.807, 2.05) is 0 Å². The van der Waals surface area contributed by atoms with E-state index in [9.17, 15) is 4.79 Å². The lowest BCUT2D eigenvalue weighted by atomic mass is 10.1. The maximum Gasteiger partial charge on any atom is 0.305 e. The van der Waals surface area contributed by atoms with Crippen LogP contribution in [-0.4, -0.2) is 13.1 Å². The molecule has 0 unspecified atom stereocenters. The van der Waals surface area contributed by atoms with E-state index in [0.29, 0.717) is 6.42 Å². The summed E-state index contributed by atoms with van der Waals surface area (Å²) in [6.07, 6.45) is 12.0. The normalized spacial score (nSPS) is 10.9. The smallest absolute Gasteiger partial charge is 0.305 e. The van der Waals surface area contributed by atoms with Crippen molar-refractivity contribution < 1.29 is 9.53 Å². The third-order valence-electron chi connectivity index (χ3n) is 3.36. The first-order valence-electron chi connectivity index (χ1n) is 7.58. The number of hydrogen-bond donors (Lipinski definition) is 0. The van der Waals surface area contributed by atoms with Crippen LogP contribution in [0.3, 0.4) is 0 Å². The zero-order valence-electron chi connectivity index (χ0n) is 12.7. The van der Waals surface area contributed by atoms with Crippen molar-refractivity contribution in [3.8, 4) is 0 Å². The molecule has 20 heavy (non-hydrogen) atoms. The molecule has 110 valence electrons. The first-order valence-corrected chi connectivity index (χ1v) is 7.58. The Hall–Kier alpha value is -1.57. The summed E-state index contributed by atoms with van der Waals surface area (Å²) >= 11 is 0. The van der Waals surface area contributed by atoms with Crippen LogP contribution in [-0.2, 0) is 16.0 Å². The van der Waals surface area contributed by atoms with Gasteiger partial charge in [0.2, 0.25) is 0 Å². The average Bonchev–Trinajstić information content (AvgIpc) is 2.49. The molecule has 0 saturated carbocycles. The zero-order valence-corrected chi connectivity index (χ0v) is 12.7. The minimum absolute atomic E-state index is 0.152. The molecule has 2 nitrogen and oxygen atoms in total. The standard InChI is InChI=1S/C18H26O2/c1-3-4-5-6-7-8-9-16-10-12-17(13-11-16)14-15-18(19)20-2/h8-13H,3-7,14-15H2,1-2H3/b9-8-. The molecule has 0 saturated heterocycles. The molecule has 0 bridgehead atoms. The lowest BCUT2D eigenvalue weighted by molar-refractivity contribution is -0.140. The molecule has 0 fully saturated rings. The molecule has 2 heteroatoms. The molecule has 0 spiro atoms. The Morgan fingerprint density at radius 2 is 1.90 bits per heavy atom. The molecular weight excluding hydrogens is 248 g/mol. The number of methoxy groups -OCH3 is 1. The van der Waals surface area contributed by atoms with Gasteiger partial charge < -0.3 is 4.74 Å². The van der Waals surface area contributed by atoms with Crippen molar-refractivity contribution in [3.63, 3.8) is 0 Å². The first-order chi connectivity index (χ1) is 9.76. The Morgan fingerprint density at radius 1 is 1.15 bits per heavy atom. The molecule has 1 rings (SSSR count). The zero-order chi connectivity index (χ0) is 14.6. The molecule has 0 aliphatic heterocycles. The Bertz CT molecular complexity index is 404. The van der Waals surface area contributed by atoms with Gasteiger partial charge in [-0.05, 0) is 30.4 Å². The van der Waals surface area contributed by atoms with Crippen LogP contribution < -0.4 is 0 Å². The summed E-state index contributed by atoms with van der Waals surface area (Å²) in [7, 11) is 1.43. The highest BCUT2D eigenvalue weighted by atomic mass is 16.5. The van der Waals surface area contributed by atoms with Crippen molar-refractivity contribution >= 4 is 12.0 Å². The van der Waals surface area contributed by atoms with Gasteiger partial charge in [-0.25, -0.2) is 0 Å². The summed E-state index contributed by atoms with van der Waals surface area (Å²) in [6.45, 7) is 2.23. The van der Waals surface area contributed by atoms with Crippen LogP contribution in [0.1, 0.15) is 56.6 Å². The largest absolute Gasteiger partial charge is 0.469 e. The summed E-state index contributed by atoms with van der Waals surface area (Å²) < 4.78 is 4.64. The Balaban J connectivity index is 2.31. The average molecular weight is 274 g/mol. The topological polar surface area (TPSA) is 26.3 Å². The SMILES string of the molecule is CCCCCC/C=C\c1ccc(CCC(=O)OC)cc1. The van der Waals surface area contributed by atoms with Crippen LogP contribution in [0.4, 0.5) is 0 Å². The maximum absolute atomic E-state index is 11.1. The number of carbonyl (C=O) groups is 1. The van der Waals surface area contributed by atoms with Crippen molar-refractivity contribution in [1.29, 1.82) is 0 Å². The summed E-state index contributed by atoms with van der Waals surface area (Å²) in [6, 6.07) is 8.38. The Kier molecular flexibility index (Phi) is 8.44. The minimum Gasteiger partial charge on any atom is -0.469 e. The second kappa shape index (κ2) is 10.2. The van der Waals surface area contributed by atoms with Crippen LogP contribution in [0, 0.1) is 0 Å². The van der Waals surface area contributed by atoms with E-state index in [4.69, 9.17) is 0 Å². The highest BCUT2D eigenvalue weighted by Crippen LogP contribution is 2.10. The number of hydrogen-bond acceptors (Lipinski definition) is 2. The fourth-order valence-electron chi connectivity index (χ4n) is 2.05. The van der Waals surface area contributed by atoms with Gasteiger partial charge in [0.25, 0.3) is 0 Å². The molecule has 0 radical (unpaired) electrons. The molecule has 0 aliphatic rings.